The van der Waals surface area contributed by atoms with Crippen LogP contribution < -0.4 is 10.2 Å². The Morgan fingerprint density at radius 3 is 2.43 bits per heavy atom. The average Bonchev–Trinajstić information content (AvgIpc) is 2.47. The zero-order chi connectivity index (χ0) is 15.2. The maximum absolute atomic E-state index is 3.80. The average molecular weight is 288 g/mol. The van der Waals surface area contributed by atoms with E-state index in [2.05, 4.69) is 68.2 Å². The number of para-hydroxylation sites is 1. The van der Waals surface area contributed by atoms with Crippen molar-refractivity contribution < 1.29 is 0 Å². The Morgan fingerprint density at radius 2 is 1.81 bits per heavy atom. The van der Waals surface area contributed by atoms with Crippen LogP contribution >= 0.6 is 0 Å². The molecule has 0 saturated carbocycles. The van der Waals surface area contributed by atoms with Crippen molar-refractivity contribution >= 4 is 5.69 Å². The first-order chi connectivity index (χ1) is 10.1. The first kappa shape index (κ1) is 16.4. The van der Waals surface area contributed by atoms with Crippen LogP contribution in [0.3, 0.4) is 0 Å². The summed E-state index contributed by atoms with van der Waals surface area (Å²) in [5.74, 6) is 2.33. The second-order valence-electron chi connectivity index (χ2n) is 7.31. The minimum atomic E-state index is 0.630. The Balaban J connectivity index is 1.98. The molecule has 1 aromatic carbocycles. The number of hydrogen-bond acceptors (Lipinski definition) is 2. The van der Waals surface area contributed by atoms with Gasteiger partial charge in [0.2, 0.25) is 0 Å². The molecule has 0 radical (unpaired) electrons. The quantitative estimate of drug-likeness (QED) is 0.845. The van der Waals surface area contributed by atoms with Gasteiger partial charge < -0.3 is 10.2 Å². The van der Waals surface area contributed by atoms with Crippen molar-refractivity contribution in [2.45, 2.75) is 46.6 Å². The van der Waals surface area contributed by atoms with Crippen molar-refractivity contribution in [3.05, 3.63) is 30.3 Å². The third-order valence-electron chi connectivity index (χ3n) is 4.70. The summed E-state index contributed by atoms with van der Waals surface area (Å²) in [6.07, 6.45) is 2.59. The minimum Gasteiger partial charge on any atom is -0.370 e. The number of hydrogen-bond donors (Lipinski definition) is 1. The van der Waals surface area contributed by atoms with Crippen LogP contribution in [-0.2, 0) is 0 Å². The number of nitrogens with zero attached hydrogens (tertiary/aromatic N) is 1. The SMILES string of the molecule is CC(C)CCNC1CC(C(C)C)CN(c2ccccc2)C1. The van der Waals surface area contributed by atoms with E-state index in [9.17, 15) is 0 Å². The zero-order valence-corrected chi connectivity index (χ0v) is 14.2. The van der Waals surface area contributed by atoms with Crippen molar-refractivity contribution in [2.75, 3.05) is 24.5 Å². The molecule has 2 rings (SSSR count). The maximum Gasteiger partial charge on any atom is 0.0366 e. The molecule has 1 heterocycles. The minimum absolute atomic E-state index is 0.630. The van der Waals surface area contributed by atoms with Crippen molar-refractivity contribution in [3.63, 3.8) is 0 Å². The molecule has 0 aromatic heterocycles. The lowest BCUT2D eigenvalue weighted by Gasteiger charge is -2.41. The van der Waals surface area contributed by atoms with Crippen LogP contribution in [0.2, 0.25) is 0 Å². The number of rotatable bonds is 6. The maximum atomic E-state index is 3.80. The van der Waals surface area contributed by atoms with Gasteiger partial charge in [0, 0.05) is 24.8 Å². The molecule has 21 heavy (non-hydrogen) atoms. The lowest BCUT2D eigenvalue weighted by atomic mass is 9.85. The van der Waals surface area contributed by atoms with E-state index < -0.39 is 0 Å². The van der Waals surface area contributed by atoms with E-state index in [1.54, 1.807) is 0 Å². The number of benzene rings is 1. The molecule has 1 N–H and O–H groups in total. The molecule has 0 aliphatic carbocycles. The lowest BCUT2D eigenvalue weighted by Crippen LogP contribution is -2.50. The standard InChI is InChI=1S/C19H32N2/c1-15(2)10-11-20-18-12-17(16(3)4)13-21(14-18)19-8-6-5-7-9-19/h5-9,15-18,20H,10-14H2,1-4H3. The fourth-order valence-corrected chi connectivity index (χ4v) is 3.19. The molecule has 2 heteroatoms. The molecule has 2 unspecified atom stereocenters. The molecule has 1 fully saturated rings. The lowest BCUT2D eigenvalue weighted by molar-refractivity contribution is 0.270. The summed E-state index contributed by atoms with van der Waals surface area (Å²) >= 11 is 0. The van der Waals surface area contributed by atoms with Gasteiger partial charge in [-0.25, -0.2) is 0 Å². The first-order valence-electron chi connectivity index (χ1n) is 8.59. The van der Waals surface area contributed by atoms with E-state index in [0.29, 0.717) is 6.04 Å². The summed E-state index contributed by atoms with van der Waals surface area (Å²) in [7, 11) is 0. The van der Waals surface area contributed by atoms with E-state index >= 15 is 0 Å². The smallest absolute Gasteiger partial charge is 0.0366 e. The zero-order valence-electron chi connectivity index (χ0n) is 14.2. The highest BCUT2D eigenvalue weighted by atomic mass is 15.2. The summed E-state index contributed by atoms with van der Waals surface area (Å²) in [4.78, 5) is 2.57. The van der Waals surface area contributed by atoms with E-state index in [0.717, 1.165) is 30.8 Å². The molecule has 1 saturated heterocycles. The summed E-state index contributed by atoms with van der Waals surface area (Å²) in [6.45, 7) is 12.8. The van der Waals surface area contributed by atoms with Crippen molar-refractivity contribution in [1.82, 2.24) is 5.32 Å². The highest BCUT2D eigenvalue weighted by molar-refractivity contribution is 5.46. The van der Waals surface area contributed by atoms with Gasteiger partial charge in [-0.3, -0.25) is 0 Å². The predicted molar refractivity (Wildman–Crippen MR) is 92.8 cm³/mol. The van der Waals surface area contributed by atoms with E-state index in [4.69, 9.17) is 0 Å². The van der Waals surface area contributed by atoms with Gasteiger partial charge in [-0.2, -0.15) is 0 Å². The molecule has 2 atom stereocenters. The van der Waals surface area contributed by atoms with Gasteiger partial charge in [-0.05, 0) is 49.3 Å². The largest absolute Gasteiger partial charge is 0.370 e. The summed E-state index contributed by atoms with van der Waals surface area (Å²) in [5.41, 5.74) is 1.37. The molecule has 1 aliphatic rings. The van der Waals surface area contributed by atoms with Gasteiger partial charge in [0.1, 0.15) is 0 Å². The summed E-state index contributed by atoms with van der Waals surface area (Å²) < 4.78 is 0. The van der Waals surface area contributed by atoms with Crippen LogP contribution in [0.15, 0.2) is 30.3 Å². The van der Waals surface area contributed by atoms with Gasteiger partial charge in [-0.1, -0.05) is 45.9 Å². The highest BCUT2D eigenvalue weighted by Gasteiger charge is 2.28. The van der Waals surface area contributed by atoms with Gasteiger partial charge >= 0.3 is 0 Å². The fraction of sp³-hybridized carbons (Fsp3) is 0.684. The van der Waals surface area contributed by atoms with E-state index in [-0.39, 0.29) is 0 Å². The molecule has 118 valence electrons. The van der Waals surface area contributed by atoms with E-state index in [1.807, 2.05) is 0 Å². The van der Waals surface area contributed by atoms with Crippen molar-refractivity contribution in [1.29, 1.82) is 0 Å². The van der Waals surface area contributed by atoms with Gasteiger partial charge in [0.15, 0.2) is 0 Å². The fourth-order valence-electron chi connectivity index (χ4n) is 3.19. The van der Waals surface area contributed by atoms with Crippen molar-refractivity contribution in [2.24, 2.45) is 17.8 Å². The first-order valence-corrected chi connectivity index (χ1v) is 8.59. The summed E-state index contributed by atoms with van der Waals surface area (Å²) in [6, 6.07) is 11.5. The van der Waals surface area contributed by atoms with Crippen LogP contribution in [0, 0.1) is 17.8 Å². The Bertz CT molecular complexity index is 399. The Kier molecular flexibility index (Phi) is 6.10. The third kappa shape index (κ3) is 5.03. The molecular formula is C19H32N2. The molecule has 1 aromatic rings. The van der Waals surface area contributed by atoms with Crippen molar-refractivity contribution in [3.8, 4) is 0 Å². The Morgan fingerprint density at radius 1 is 1.10 bits per heavy atom. The van der Waals surface area contributed by atoms with Crippen LogP contribution in [0.4, 0.5) is 5.69 Å². The topological polar surface area (TPSA) is 15.3 Å². The second-order valence-corrected chi connectivity index (χ2v) is 7.31. The molecular weight excluding hydrogens is 256 g/mol. The monoisotopic (exact) mass is 288 g/mol. The Labute approximate surface area is 130 Å². The van der Waals surface area contributed by atoms with Gasteiger partial charge in [-0.15, -0.1) is 0 Å². The molecule has 0 spiro atoms. The van der Waals surface area contributed by atoms with Crippen LogP contribution in [0.25, 0.3) is 0 Å². The summed E-state index contributed by atoms with van der Waals surface area (Å²) in [5, 5.41) is 3.80. The Hall–Kier alpha value is -1.02. The van der Waals surface area contributed by atoms with Gasteiger partial charge in [0.25, 0.3) is 0 Å². The number of nitrogens with one attached hydrogen (secondary N) is 1. The molecule has 1 aliphatic heterocycles. The molecule has 0 bridgehead atoms. The normalized spacial score (nSPS) is 23.0. The predicted octanol–water partition coefficient (Wildman–Crippen LogP) is 4.17. The highest BCUT2D eigenvalue weighted by Crippen LogP contribution is 2.27. The van der Waals surface area contributed by atoms with Crippen LogP contribution in [0.5, 0.6) is 0 Å². The number of piperidine rings is 1. The van der Waals surface area contributed by atoms with Crippen LogP contribution in [0.1, 0.15) is 40.5 Å². The second kappa shape index (κ2) is 7.84. The van der Waals surface area contributed by atoms with Crippen LogP contribution in [-0.4, -0.2) is 25.7 Å². The number of anilines is 1. The third-order valence-corrected chi connectivity index (χ3v) is 4.70. The van der Waals surface area contributed by atoms with Gasteiger partial charge in [0.05, 0.1) is 0 Å². The molecule has 2 nitrogen and oxygen atoms in total. The van der Waals surface area contributed by atoms with E-state index in [1.165, 1.54) is 25.1 Å². The molecule has 0 amide bonds.